The molecular weight excluding hydrogens is 422 g/mol. The van der Waals surface area contributed by atoms with E-state index in [2.05, 4.69) is 11.9 Å². The third-order valence-electron chi connectivity index (χ3n) is 6.53. The zero-order chi connectivity index (χ0) is 23.4. The second kappa shape index (κ2) is 7.70. The summed E-state index contributed by atoms with van der Waals surface area (Å²) in [6, 6.07) is 5.18. The number of primary amides is 1. The summed E-state index contributed by atoms with van der Waals surface area (Å²) in [7, 11) is 2.09. The number of likely N-dealkylation sites (tertiary alicyclic amines) is 1. The number of pyridine rings is 1. The Hall–Kier alpha value is -3.72. The number of aromatic hydroxyl groups is 1. The van der Waals surface area contributed by atoms with Crippen molar-refractivity contribution in [1.82, 2.24) is 14.5 Å². The second-order valence-electron chi connectivity index (χ2n) is 8.73. The molecule has 0 aliphatic carbocycles. The van der Waals surface area contributed by atoms with E-state index in [-0.39, 0.29) is 23.2 Å². The van der Waals surface area contributed by atoms with Gasteiger partial charge in [-0.25, -0.2) is 0 Å². The molecule has 4 heterocycles. The Morgan fingerprint density at radius 2 is 1.97 bits per heavy atom. The van der Waals surface area contributed by atoms with Gasteiger partial charge < -0.3 is 30.6 Å². The molecule has 9 nitrogen and oxygen atoms in total. The number of nitrogen functional groups attached to an aromatic ring is 1. The molecule has 5 rings (SSSR count). The summed E-state index contributed by atoms with van der Waals surface area (Å²) in [6.07, 6.45) is 3.33. The molecule has 1 amide bonds. The van der Waals surface area contributed by atoms with Crippen molar-refractivity contribution in [2.75, 3.05) is 25.9 Å². The maximum Gasteiger partial charge on any atom is 0.253 e. The van der Waals surface area contributed by atoms with Crippen LogP contribution in [-0.4, -0.2) is 51.7 Å². The minimum absolute atomic E-state index is 0.0184. The maximum absolute atomic E-state index is 12.5. The lowest BCUT2D eigenvalue weighted by atomic mass is 10.1. The number of piperidine rings is 1. The number of phenols is 1. The van der Waals surface area contributed by atoms with Crippen molar-refractivity contribution in [3.05, 3.63) is 41.2 Å². The summed E-state index contributed by atoms with van der Waals surface area (Å²) >= 11 is 0. The molecule has 1 saturated heterocycles. The van der Waals surface area contributed by atoms with Gasteiger partial charge in [-0.05, 0) is 51.4 Å². The van der Waals surface area contributed by atoms with Crippen LogP contribution in [0.3, 0.4) is 0 Å². The first-order chi connectivity index (χ1) is 15.8. The average Bonchev–Trinajstić information content (AvgIpc) is 3.36. The highest BCUT2D eigenvalue weighted by atomic mass is 16.5. The lowest BCUT2D eigenvalue weighted by molar-refractivity contribution is 0.100. The molecule has 0 bridgehead atoms. The predicted octanol–water partition coefficient (Wildman–Crippen LogP) is 3.25. The second-order valence-corrected chi connectivity index (χ2v) is 8.73. The fourth-order valence-electron chi connectivity index (χ4n) is 4.72. The number of phenolic OH excluding ortho intramolecular Hbond substituents is 1. The number of carbonyl (C=O) groups excluding carboxylic acids is 1. The molecule has 0 unspecified atom stereocenters. The van der Waals surface area contributed by atoms with Crippen LogP contribution in [0, 0.1) is 13.8 Å². The van der Waals surface area contributed by atoms with Gasteiger partial charge in [-0.2, -0.15) is 4.98 Å². The van der Waals surface area contributed by atoms with Gasteiger partial charge in [0.1, 0.15) is 17.7 Å². The summed E-state index contributed by atoms with van der Waals surface area (Å²) in [5.74, 6) is -0.0171. The molecule has 1 aromatic carbocycles. The van der Waals surface area contributed by atoms with E-state index in [0.717, 1.165) is 31.5 Å². The summed E-state index contributed by atoms with van der Waals surface area (Å²) in [6.45, 7) is 5.57. The highest BCUT2D eigenvalue weighted by Gasteiger charge is 2.29. The number of rotatable bonds is 4. The van der Waals surface area contributed by atoms with Crippen molar-refractivity contribution in [2.45, 2.75) is 32.8 Å². The lowest BCUT2D eigenvalue weighted by Crippen LogP contribution is -2.35. The molecule has 0 saturated carbocycles. The van der Waals surface area contributed by atoms with Crippen LogP contribution in [0.4, 0.5) is 5.82 Å². The van der Waals surface area contributed by atoms with Crippen LogP contribution < -0.4 is 16.2 Å². The van der Waals surface area contributed by atoms with E-state index >= 15 is 0 Å². The zero-order valence-electron chi connectivity index (χ0n) is 18.9. The van der Waals surface area contributed by atoms with Crippen molar-refractivity contribution < 1.29 is 19.1 Å². The predicted molar refractivity (Wildman–Crippen MR) is 126 cm³/mol. The van der Waals surface area contributed by atoms with Gasteiger partial charge in [0, 0.05) is 18.7 Å². The van der Waals surface area contributed by atoms with Crippen molar-refractivity contribution >= 4 is 33.7 Å². The Kier molecular flexibility index (Phi) is 4.93. The van der Waals surface area contributed by atoms with Crippen LogP contribution in [0.2, 0.25) is 0 Å². The van der Waals surface area contributed by atoms with E-state index in [9.17, 15) is 9.90 Å². The van der Waals surface area contributed by atoms with Crippen molar-refractivity contribution in [3.63, 3.8) is 0 Å². The number of fused-ring (bicyclic) bond motifs is 3. The number of hydrogen-bond donors (Lipinski definition) is 3. The summed E-state index contributed by atoms with van der Waals surface area (Å²) in [5.41, 5.74) is 15.3. The molecule has 172 valence electrons. The molecule has 9 heteroatoms. The monoisotopic (exact) mass is 449 g/mol. The normalized spacial score (nSPS) is 15.5. The maximum atomic E-state index is 12.5. The van der Waals surface area contributed by atoms with Gasteiger partial charge in [0.05, 0.1) is 28.3 Å². The van der Waals surface area contributed by atoms with Gasteiger partial charge in [0.2, 0.25) is 5.88 Å². The van der Waals surface area contributed by atoms with Gasteiger partial charge in [0.25, 0.3) is 5.91 Å². The molecule has 0 atom stereocenters. The molecule has 5 N–H and O–H groups in total. The Bertz CT molecular complexity index is 1400. The van der Waals surface area contributed by atoms with Crippen LogP contribution in [0.15, 0.2) is 28.9 Å². The average molecular weight is 450 g/mol. The highest BCUT2D eigenvalue weighted by molar-refractivity contribution is 6.19. The Morgan fingerprint density at radius 3 is 2.67 bits per heavy atom. The molecule has 0 radical (unpaired) electrons. The Labute approximate surface area is 190 Å². The van der Waals surface area contributed by atoms with E-state index < -0.39 is 5.91 Å². The molecule has 4 aromatic rings. The number of benzene rings is 1. The lowest BCUT2D eigenvalue weighted by Gasteiger charge is -2.29. The van der Waals surface area contributed by atoms with E-state index in [0.29, 0.717) is 39.1 Å². The van der Waals surface area contributed by atoms with Gasteiger partial charge in [-0.3, -0.25) is 9.36 Å². The highest BCUT2D eigenvalue weighted by Crippen LogP contribution is 2.41. The number of aromatic nitrogens is 2. The molecular formula is C24H27N5O4. The third kappa shape index (κ3) is 3.27. The quantitative estimate of drug-likeness (QED) is 0.435. The van der Waals surface area contributed by atoms with Crippen molar-refractivity contribution in [2.24, 2.45) is 5.73 Å². The number of anilines is 1. The summed E-state index contributed by atoms with van der Waals surface area (Å²) < 4.78 is 13.8. The summed E-state index contributed by atoms with van der Waals surface area (Å²) in [5, 5.41) is 11.5. The first kappa shape index (κ1) is 21.1. The summed E-state index contributed by atoms with van der Waals surface area (Å²) in [4.78, 5) is 19.6. The molecule has 1 aliphatic rings. The van der Waals surface area contributed by atoms with Crippen LogP contribution in [0.1, 0.15) is 34.3 Å². The van der Waals surface area contributed by atoms with Crippen LogP contribution in [0.5, 0.6) is 11.6 Å². The minimum Gasteiger partial charge on any atom is -0.508 e. The minimum atomic E-state index is -0.685. The number of nitrogens with zero attached hydrogens (tertiary/aromatic N) is 3. The fraction of sp³-hybridized carbons (Fsp3) is 0.333. The smallest absolute Gasteiger partial charge is 0.253 e. The van der Waals surface area contributed by atoms with Gasteiger partial charge >= 0.3 is 0 Å². The van der Waals surface area contributed by atoms with Gasteiger partial charge in [-0.15, -0.1) is 0 Å². The number of amides is 1. The van der Waals surface area contributed by atoms with Crippen LogP contribution >= 0.6 is 0 Å². The van der Waals surface area contributed by atoms with E-state index in [1.165, 1.54) is 6.26 Å². The van der Waals surface area contributed by atoms with Crippen LogP contribution in [-0.2, 0) is 0 Å². The fourth-order valence-corrected chi connectivity index (χ4v) is 4.72. The van der Waals surface area contributed by atoms with Crippen LogP contribution in [0.25, 0.3) is 27.7 Å². The number of carbonyl (C=O) groups is 1. The van der Waals surface area contributed by atoms with E-state index in [1.54, 1.807) is 29.7 Å². The molecule has 0 spiro atoms. The molecule has 3 aromatic heterocycles. The van der Waals surface area contributed by atoms with Gasteiger partial charge in [-0.1, -0.05) is 6.07 Å². The number of furan rings is 1. The molecule has 33 heavy (non-hydrogen) atoms. The molecule has 1 fully saturated rings. The largest absolute Gasteiger partial charge is 0.508 e. The Morgan fingerprint density at radius 1 is 1.24 bits per heavy atom. The van der Waals surface area contributed by atoms with Crippen molar-refractivity contribution in [1.29, 1.82) is 0 Å². The molecule has 1 aliphatic heterocycles. The SMILES string of the molecule is Cc1ccc(O)c(C)c1-n1c(N)c(C(N)=O)c2c3occc3c(OC3CCN(C)CC3)nc21. The number of nitrogens with two attached hydrogens (primary N) is 2. The number of ether oxygens (including phenoxy) is 1. The topological polar surface area (TPSA) is 133 Å². The Balaban J connectivity index is 1.81. The number of hydrogen-bond acceptors (Lipinski definition) is 7. The number of aryl methyl sites for hydroxylation is 1. The first-order valence-corrected chi connectivity index (χ1v) is 10.9. The van der Waals surface area contributed by atoms with Crippen molar-refractivity contribution in [3.8, 4) is 17.3 Å². The van der Waals surface area contributed by atoms with Gasteiger partial charge in [0.15, 0.2) is 11.2 Å². The first-order valence-electron chi connectivity index (χ1n) is 10.9. The standard InChI is InChI=1S/C24H27N5O4/c1-12-4-5-16(30)13(2)19(12)29-21(25)18(22(26)31)17-20-15(8-11-32-20)24(27-23(17)29)33-14-6-9-28(3)10-7-14/h4-5,8,11,14,30H,6-7,9-10,25H2,1-3H3,(H2,26,31). The van der Waals surface area contributed by atoms with E-state index in [4.69, 9.17) is 25.6 Å². The zero-order valence-corrected chi connectivity index (χ0v) is 18.9. The van der Waals surface area contributed by atoms with E-state index in [1.807, 2.05) is 6.92 Å². The third-order valence-corrected chi connectivity index (χ3v) is 6.53.